The van der Waals surface area contributed by atoms with Gasteiger partial charge in [0.1, 0.15) is 5.39 Å². The minimum Gasteiger partial charge on any atom is -0.321 e. The first-order valence-electron chi connectivity index (χ1n) is 6.92. The molecule has 0 radical (unpaired) electrons. The molecule has 0 unspecified atom stereocenters. The standard InChI is InChI=1S/C16H14N4O3/c1-19-13-12(15(22)20(2)16(19)23)11(8-9-17-13)18-14(21)10-6-4-3-5-7-10/h3-9H,1-2H3,(H,17,18,21). The Bertz CT molecular complexity index is 1020. The van der Waals surface area contributed by atoms with Crippen molar-refractivity contribution in [1.82, 2.24) is 14.1 Å². The van der Waals surface area contributed by atoms with E-state index in [0.29, 0.717) is 11.3 Å². The van der Waals surface area contributed by atoms with Gasteiger partial charge in [-0.15, -0.1) is 0 Å². The number of anilines is 1. The number of carbonyl (C=O) groups is 1. The molecule has 3 rings (SSSR count). The van der Waals surface area contributed by atoms with Crippen molar-refractivity contribution in [1.29, 1.82) is 0 Å². The first-order chi connectivity index (χ1) is 11.0. The number of hydrogen-bond acceptors (Lipinski definition) is 4. The van der Waals surface area contributed by atoms with Gasteiger partial charge in [0.2, 0.25) is 0 Å². The van der Waals surface area contributed by atoms with Crippen LogP contribution in [0.1, 0.15) is 10.4 Å². The summed E-state index contributed by atoms with van der Waals surface area (Å²) >= 11 is 0. The van der Waals surface area contributed by atoms with E-state index in [1.54, 1.807) is 24.3 Å². The number of pyridine rings is 1. The van der Waals surface area contributed by atoms with Crippen molar-refractivity contribution >= 4 is 22.6 Å². The van der Waals surface area contributed by atoms with Gasteiger partial charge in [0.25, 0.3) is 11.5 Å². The normalized spacial score (nSPS) is 10.7. The number of nitrogens with zero attached hydrogens (tertiary/aromatic N) is 3. The van der Waals surface area contributed by atoms with Crippen molar-refractivity contribution < 1.29 is 4.79 Å². The third-order valence-corrected chi connectivity index (χ3v) is 3.63. The minimum absolute atomic E-state index is 0.196. The predicted molar refractivity (Wildman–Crippen MR) is 86.6 cm³/mol. The fourth-order valence-electron chi connectivity index (χ4n) is 2.37. The van der Waals surface area contributed by atoms with Gasteiger partial charge in [-0.2, -0.15) is 0 Å². The lowest BCUT2D eigenvalue weighted by atomic mass is 10.2. The van der Waals surface area contributed by atoms with Gasteiger partial charge in [0.05, 0.1) is 5.69 Å². The molecule has 7 nitrogen and oxygen atoms in total. The van der Waals surface area contributed by atoms with Gasteiger partial charge in [-0.25, -0.2) is 9.78 Å². The van der Waals surface area contributed by atoms with Gasteiger partial charge in [0, 0.05) is 25.9 Å². The highest BCUT2D eigenvalue weighted by Crippen LogP contribution is 2.17. The molecular formula is C16H14N4O3. The van der Waals surface area contributed by atoms with Gasteiger partial charge in [-0.3, -0.25) is 18.7 Å². The molecule has 0 aliphatic rings. The molecule has 1 amide bonds. The molecule has 0 aliphatic heterocycles. The van der Waals surface area contributed by atoms with Crippen LogP contribution in [0, 0.1) is 0 Å². The number of carbonyl (C=O) groups excluding carboxylic acids is 1. The third kappa shape index (κ3) is 2.42. The van der Waals surface area contributed by atoms with E-state index in [-0.39, 0.29) is 16.9 Å². The van der Waals surface area contributed by atoms with Gasteiger partial charge in [0.15, 0.2) is 5.65 Å². The van der Waals surface area contributed by atoms with E-state index in [0.717, 1.165) is 4.57 Å². The van der Waals surface area contributed by atoms with Crippen LogP contribution in [0.4, 0.5) is 5.69 Å². The Kier molecular flexibility index (Phi) is 3.53. The Morgan fingerprint density at radius 1 is 1.04 bits per heavy atom. The molecule has 0 aliphatic carbocycles. The summed E-state index contributed by atoms with van der Waals surface area (Å²) in [6, 6.07) is 10.2. The number of aryl methyl sites for hydroxylation is 1. The maximum Gasteiger partial charge on any atom is 0.332 e. The van der Waals surface area contributed by atoms with Crippen LogP contribution in [0.3, 0.4) is 0 Å². The summed E-state index contributed by atoms with van der Waals surface area (Å²) in [5.41, 5.74) is 0.0456. The topological polar surface area (TPSA) is 86.0 Å². The number of rotatable bonds is 2. The fraction of sp³-hybridized carbons (Fsp3) is 0.125. The number of amides is 1. The second-order valence-electron chi connectivity index (χ2n) is 5.08. The quantitative estimate of drug-likeness (QED) is 0.761. The Morgan fingerprint density at radius 2 is 1.74 bits per heavy atom. The Balaban J connectivity index is 2.18. The minimum atomic E-state index is -0.500. The van der Waals surface area contributed by atoms with E-state index in [1.165, 1.54) is 30.9 Å². The Hall–Kier alpha value is -3.22. The Labute approximate surface area is 130 Å². The average Bonchev–Trinajstić information content (AvgIpc) is 2.58. The molecule has 2 aromatic heterocycles. The van der Waals surface area contributed by atoms with E-state index in [4.69, 9.17) is 0 Å². The molecule has 116 valence electrons. The Morgan fingerprint density at radius 3 is 2.43 bits per heavy atom. The lowest BCUT2D eigenvalue weighted by Gasteiger charge is -2.11. The van der Waals surface area contributed by atoms with Crippen LogP contribution in [0.25, 0.3) is 11.0 Å². The molecule has 0 spiro atoms. The molecule has 0 bridgehead atoms. The van der Waals surface area contributed by atoms with Crippen LogP contribution in [-0.2, 0) is 14.1 Å². The van der Waals surface area contributed by atoms with Crippen LogP contribution in [-0.4, -0.2) is 20.0 Å². The summed E-state index contributed by atoms with van der Waals surface area (Å²) in [4.78, 5) is 40.7. The summed E-state index contributed by atoms with van der Waals surface area (Å²) in [5.74, 6) is -0.339. The van der Waals surface area contributed by atoms with Crippen LogP contribution >= 0.6 is 0 Å². The molecule has 0 saturated heterocycles. The maximum atomic E-state index is 12.4. The van der Waals surface area contributed by atoms with Crippen LogP contribution in [0.15, 0.2) is 52.2 Å². The lowest BCUT2D eigenvalue weighted by molar-refractivity contribution is 0.102. The monoisotopic (exact) mass is 310 g/mol. The highest BCUT2D eigenvalue weighted by molar-refractivity contribution is 6.08. The molecule has 23 heavy (non-hydrogen) atoms. The van der Waals surface area contributed by atoms with E-state index in [2.05, 4.69) is 10.3 Å². The zero-order chi connectivity index (χ0) is 16.6. The number of benzene rings is 1. The molecule has 2 heterocycles. The summed E-state index contributed by atoms with van der Waals surface area (Å²) in [6.07, 6.45) is 1.45. The maximum absolute atomic E-state index is 12.4. The van der Waals surface area contributed by atoms with Crippen molar-refractivity contribution in [3.05, 3.63) is 69.0 Å². The average molecular weight is 310 g/mol. The molecular weight excluding hydrogens is 296 g/mol. The van der Waals surface area contributed by atoms with Gasteiger partial charge in [-0.1, -0.05) is 18.2 Å². The molecule has 0 atom stereocenters. The van der Waals surface area contributed by atoms with Crippen LogP contribution in [0.5, 0.6) is 0 Å². The second kappa shape index (κ2) is 5.53. The first-order valence-corrected chi connectivity index (χ1v) is 6.92. The molecule has 0 saturated carbocycles. The van der Waals surface area contributed by atoms with E-state index >= 15 is 0 Å². The van der Waals surface area contributed by atoms with Crippen LogP contribution in [0.2, 0.25) is 0 Å². The van der Waals surface area contributed by atoms with E-state index in [9.17, 15) is 14.4 Å². The fourth-order valence-corrected chi connectivity index (χ4v) is 2.37. The van der Waals surface area contributed by atoms with E-state index < -0.39 is 11.2 Å². The van der Waals surface area contributed by atoms with Gasteiger partial charge in [-0.05, 0) is 18.2 Å². The van der Waals surface area contributed by atoms with Gasteiger partial charge >= 0.3 is 5.69 Å². The predicted octanol–water partition coefficient (Wildman–Crippen LogP) is 0.884. The molecule has 1 aromatic carbocycles. The summed E-state index contributed by atoms with van der Waals surface area (Å²) in [5, 5.41) is 2.90. The third-order valence-electron chi connectivity index (χ3n) is 3.63. The zero-order valence-electron chi connectivity index (χ0n) is 12.6. The SMILES string of the molecule is Cn1c(=O)c2c(NC(=O)c3ccccc3)ccnc2n(C)c1=O. The van der Waals surface area contributed by atoms with Crippen molar-refractivity contribution in [3.63, 3.8) is 0 Å². The number of hydrogen-bond donors (Lipinski definition) is 1. The lowest BCUT2D eigenvalue weighted by Crippen LogP contribution is -2.37. The molecule has 7 heteroatoms. The van der Waals surface area contributed by atoms with Crippen LogP contribution < -0.4 is 16.6 Å². The van der Waals surface area contributed by atoms with Crippen molar-refractivity contribution in [2.45, 2.75) is 0 Å². The smallest absolute Gasteiger partial charge is 0.321 e. The van der Waals surface area contributed by atoms with Gasteiger partial charge < -0.3 is 5.32 Å². The number of nitrogens with one attached hydrogen (secondary N) is 1. The summed E-state index contributed by atoms with van der Waals surface area (Å²) < 4.78 is 2.26. The summed E-state index contributed by atoms with van der Waals surface area (Å²) in [6.45, 7) is 0. The summed E-state index contributed by atoms with van der Waals surface area (Å²) in [7, 11) is 2.92. The van der Waals surface area contributed by atoms with Crippen molar-refractivity contribution in [2.75, 3.05) is 5.32 Å². The number of aromatic nitrogens is 3. The first kappa shape index (κ1) is 14.7. The molecule has 0 fully saturated rings. The molecule has 3 aromatic rings. The van der Waals surface area contributed by atoms with Crippen molar-refractivity contribution in [2.24, 2.45) is 14.1 Å². The van der Waals surface area contributed by atoms with E-state index in [1.807, 2.05) is 6.07 Å². The molecule has 1 N–H and O–H groups in total. The van der Waals surface area contributed by atoms with Crippen molar-refractivity contribution in [3.8, 4) is 0 Å². The highest BCUT2D eigenvalue weighted by atomic mass is 16.2. The second-order valence-corrected chi connectivity index (χ2v) is 5.08. The zero-order valence-corrected chi connectivity index (χ0v) is 12.6. The highest BCUT2D eigenvalue weighted by Gasteiger charge is 2.15. The largest absolute Gasteiger partial charge is 0.332 e. The number of fused-ring (bicyclic) bond motifs is 1.